The number of fused-ring (bicyclic) bond motifs is 1. The van der Waals surface area contributed by atoms with Crippen LogP contribution in [0.4, 0.5) is 17.5 Å². The summed E-state index contributed by atoms with van der Waals surface area (Å²) in [5.74, 6) is 1.66. The maximum atomic E-state index is 5.37. The van der Waals surface area contributed by atoms with Crippen LogP contribution in [0.15, 0.2) is 36.5 Å². The fourth-order valence-corrected chi connectivity index (χ4v) is 3.31. The fourth-order valence-electron chi connectivity index (χ4n) is 3.31. The van der Waals surface area contributed by atoms with Gasteiger partial charge < -0.3 is 15.0 Å². The van der Waals surface area contributed by atoms with Gasteiger partial charge in [0.2, 0.25) is 5.95 Å². The molecule has 2 aromatic rings. The zero-order valence-electron chi connectivity index (χ0n) is 13.8. The normalized spacial score (nSPS) is 17.8. The zero-order valence-corrected chi connectivity index (χ0v) is 13.8. The van der Waals surface area contributed by atoms with E-state index in [4.69, 9.17) is 9.72 Å². The second kappa shape index (κ2) is 7.15. The summed E-state index contributed by atoms with van der Waals surface area (Å²) in [6, 6.07) is 10.5. The number of rotatable bonds is 5. The highest BCUT2D eigenvalue weighted by Gasteiger charge is 2.21. The van der Waals surface area contributed by atoms with Gasteiger partial charge in [0.15, 0.2) is 0 Å². The SMILES string of the molecule is c1ccc2c(c1)CCN2c1ccnc(NCCN2CCOCC2)n1. The Morgan fingerprint density at radius 3 is 2.88 bits per heavy atom. The maximum absolute atomic E-state index is 5.37. The Hall–Kier alpha value is -2.18. The molecule has 2 aliphatic heterocycles. The number of hydrogen-bond donors (Lipinski definition) is 1. The van der Waals surface area contributed by atoms with E-state index in [1.165, 1.54) is 11.3 Å². The molecule has 6 nitrogen and oxygen atoms in total. The minimum absolute atomic E-state index is 0.699. The first-order chi connectivity index (χ1) is 11.9. The molecule has 0 saturated carbocycles. The average Bonchev–Trinajstić information content (AvgIpc) is 3.07. The van der Waals surface area contributed by atoms with Crippen molar-refractivity contribution in [3.8, 4) is 0 Å². The summed E-state index contributed by atoms with van der Waals surface area (Å²) in [7, 11) is 0. The van der Waals surface area contributed by atoms with Crippen LogP contribution in [0.25, 0.3) is 0 Å². The Kier molecular flexibility index (Phi) is 4.57. The molecule has 0 aliphatic carbocycles. The number of ether oxygens (including phenoxy) is 1. The van der Waals surface area contributed by atoms with Gasteiger partial charge in [-0.2, -0.15) is 4.98 Å². The van der Waals surface area contributed by atoms with Crippen molar-refractivity contribution >= 4 is 17.5 Å². The van der Waals surface area contributed by atoms with Crippen LogP contribution in [0.3, 0.4) is 0 Å². The molecule has 0 bridgehead atoms. The predicted molar refractivity (Wildman–Crippen MR) is 94.9 cm³/mol. The lowest BCUT2D eigenvalue weighted by atomic mass is 10.2. The molecule has 1 N–H and O–H groups in total. The number of aromatic nitrogens is 2. The van der Waals surface area contributed by atoms with Crippen LogP contribution in [0.2, 0.25) is 0 Å². The van der Waals surface area contributed by atoms with Gasteiger partial charge in [-0.3, -0.25) is 4.90 Å². The first kappa shape index (κ1) is 15.4. The number of nitrogens with zero attached hydrogens (tertiary/aromatic N) is 4. The number of nitrogens with one attached hydrogen (secondary N) is 1. The van der Waals surface area contributed by atoms with Crippen molar-refractivity contribution < 1.29 is 4.74 Å². The van der Waals surface area contributed by atoms with Crippen LogP contribution in [-0.4, -0.2) is 60.8 Å². The average molecular weight is 325 g/mol. The van der Waals surface area contributed by atoms with Gasteiger partial charge in [-0.25, -0.2) is 4.98 Å². The quantitative estimate of drug-likeness (QED) is 0.906. The lowest BCUT2D eigenvalue weighted by molar-refractivity contribution is 0.0398. The van der Waals surface area contributed by atoms with Crippen molar-refractivity contribution in [1.82, 2.24) is 14.9 Å². The first-order valence-electron chi connectivity index (χ1n) is 8.62. The summed E-state index contributed by atoms with van der Waals surface area (Å²) in [6.07, 6.45) is 2.90. The van der Waals surface area contributed by atoms with Gasteiger partial charge >= 0.3 is 0 Å². The highest BCUT2D eigenvalue weighted by atomic mass is 16.5. The van der Waals surface area contributed by atoms with E-state index in [-0.39, 0.29) is 0 Å². The predicted octanol–water partition coefficient (Wildman–Crippen LogP) is 1.91. The summed E-state index contributed by atoms with van der Waals surface area (Å²) in [6.45, 7) is 6.49. The molecule has 0 atom stereocenters. The van der Waals surface area contributed by atoms with Crippen molar-refractivity contribution in [2.75, 3.05) is 56.2 Å². The van der Waals surface area contributed by atoms with Crippen LogP contribution < -0.4 is 10.2 Å². The number of anilines is 3. The van der Waals surface area contributed by atoms with Crippen LogP contribution in [0.1, 0.15) is 5.56 Å². The molecule has 0 radical (unpaired) electrons. The van der Waals surface area contributed by atoms with Gasteiger partial charge in [0.1, 0.15) is 5.82 Å². The molecular formula is C18H23N5O. The fraction of sp³-hybridized carbons (Fsp3) is 0.444. The molecule has 0 amide bonds. The van der Waals surface area contributed by atoms with E-state index in [0.29, 0.717) is 5.95 Å². The Morgan fingerprint density at radius 1 is 1.08 bits per heavy atom. The van der Waals surface area contributed by atoms with Gasteiger partial charge in [-0.05, 0) is 24.1 Å². The van der Waals surface area contributed by atoms with Crippen LogP contribution >= 0.6 is 0 Å². The molecule has 3 heterocycles. The minimum Gasteiger partial charge on any atom is -0.379 e. The van der Waals surface area contributed by atoms with Crippen molar-refractivity contribution in [3.05, 3.63) is 42.1 Å². The highest BCUT2D eigenvalue weighted by molar-refractivity contribution is 5.67. The Labute approximate surface area is 142 Å². The van der Waals surface area contributed by atoms with Crippen molar-refractivity contribution in [2.24, 2.45) is 0 Å². The zero-order chi connectivity index (χ0) is 16.2. The van der Waals surface area contributed by atoms with Crippen molar-refractivity contribution in [2.45, 2.75) is 6.42 Å². The Bertz CT molecular complexity index is 687. The van der Waals surface area contributed by atoms with Gasteiger partial charge in [0, 0.05) is 44.6 Å². The molecule has 1 saturated heterocycles. The Morgan fingerprint density at radius 2 is 1.96 bits per heavy atom. The molecule has 6 heteroatoms. The first-order valence-corrected chi connectivity index (χ1v) is 8.62. The van der Waals surface area contributed by atoms with E-state index in [1.54, 1.807) is 0 Å². The van der Waals surface area contributed by atoms with Gasteiger partial charge in [0.05, 0.1) is 13.2 Å². The van der Waals surface area contributed by atoms with Crippen LogP contribution in [-0.2, 0) is 11.2 Å². The number of morpholine rings is 1. The van der Waals surface area contributed by atoms with Gasteiger partial charge in [-0.15, -0.1) is 0 Å². The molecule has 24 heavy (non-hydrogen) atoms. The third kappa shape index (κ3) is 3.34. The summed E-state index contributed by atoms with van der Waals surface area (Å²) in [4.78, 5) is 13.7. The van der Waals surface area contributed by atoms with E-state index in [2.05, 4.69) is 44.4 Å². The molecule has 1 aromatic carbocycles. The van der Waals surface area contributed by atoms with E-state index >= 15 is 0 Å². The summed E-state index contributed by atoms with van der Waals surface area (Å²) in [5, 5.41) is 3.35. The molecular weight excluding hydrogens is 302 g/mol. The van der Waals surface area contributed by atoms with E-state index in [0.717, 1.165) is 58.2 Å². The number of hydrogen-bond acceptors (Lipinski definition) is 6. The van der Waals surface area contributed by atoms with Crippen molar-refractivity contribution in [1.29, 1.82) is 0 Å². The smallest absolute Gasteiger partial charge is 0.224 e. The lowest BCUT2D eigenvalue weighted by Gasteiger charge is -2.26. The van der Waals surface area contributed by atoms with Crippen LogP contribution in [0.5, 0.6) is 0 Å². The second-order valence-electron chi connectivity index (χ2n) is 6.15. The second-order valence-corrected chi connectivity index (χ2v) is 6.15. The topological polar surface area (TPSA) is 53.5 Å². The van der Waals surface area contributed by atoms with Gasteiger partial charge in [-0.1, -0.05) is 18.2 Å². The molecule has 1 fully saturated rings. The molecule has 1 aromatic heterocycles. The lowest BCUT2D eigenvalue weighted by Crippen LogP contribution is -2.39. The Balaban J connectivity index is 1.39. The van der Waals surface area contributed by atoms with Crippen LogP contribution in [0, 0.1) is 0 Å². The molecule has 0 spiro atoms. The van der Waals surface area contributed by atoms with Gasteiger partial charge in [0.25, 0.3) is 0 Å². The summed E-state index contributed by atoms with van der Waals surface area (Å²) >= 11 is 0. The highest BCUT2D eigenvalue weighted by Crippen LogP contribution is 2.33. The standard InChI is InChI=1S/C18H23N5O/c1-2-4-16-15(3-1)6-9-23(16)17-5-7-19-18(21-17)20-8-10-22-11-13-24-14-12-22/h1-5,7H,6,8-14H2,(H,19,20,21). The molecule has 0 unspecified atom stereocenters. The molecule has 2 aliphatic rings. The number of benzene rings is 1. The number of para-hydroxylation sites is 1. The molecule has 4 rings (SSSR count). The largest absolute Gasteiger partial charge is 0.379 e. The van der Waals surface area contributed by atoms with E-state index < -0.39 is 0 Å². The van der Waals surface area contributed by atoms with Crippen molar-refractivity contribution in [3.63, 3.8) is 0 Å². The summed E-state index contributed by atoms with van der Waals surface area (Å²) in [5.41, 5.74) is 2.65. The maximum Gasteiger partial charge on any atom is 0.224 e. The van der Waals surface area contributed by atoms with E-state index in [9.17, 15) is 0 Å². The third-order valence-electron chi connectivity index (χ3n) is 4.62. The summed E-state index contributed by atoms with van der Waals surface area (Å²) < 4.78 is 5.37. The van der Waals surface area contributed by atoms with E-state index in [1.807, 2.05) is 12.3 Å². The monoisotopic (exact) mass is 325 g/mol. The molecule has 126 valence electrons. The third-order valence-corrected chi connectivity index (χ3v) is 4.62. The minimum atomic E-state index is 0.699.